The fraction of sp³-hybridized carbons (Fsp3) is 0.909. The first-order valence-electron chi connectivity index (χ1n) is 5.81. The molecule has 0 aromatic rings. The summed E-state index contributed by atoms with van der Waals surface area (Å²) in [7, 11) is 0. The molecule has 1 amide bonds. The Hall–Kier alpha value is -0.220. The first kappa shape index (κ1) is 12.8. The monoisotopic (exact) mass is 231 g/mol. The number of aliphatic hydroxyl groups excluding tert-OH is 1. The van der Waals surface area contributed by atoms with Crippen LogP contribution in [0, 0.1) is 0 Å². The van der Waals surface area contributed by atoms with E-state index in [-0.39, 0.29) is 17.3 Å². The Morgan fingerprint density at radius 2 is 2.40 bits per heavy atom. The van der Waals surface area contributed by atoms with E-state index in [4.69, 9.17) is 0 Å². The Morgan fingerprint density at radius 1 is 1.60 bits per heavy atom. The van der Waals surface area contributed by atoms with Crippen LogP contribution < -0.4 is 5.32 Å². The second-order valence-electron chi connectivity index (χ2n) is 4.00. The first-order valence-corrected chi connectivity index (χ1v) is 6.86. The predicted octanol–water partition coefficient (Wildman–Crippen LogP) is 1.55. The van der Waals surface area contributed by atoms with E-state index in [0.717, 1.165) is 18.6 Å². The van der Waals surface area contributed by atoms with Gasteiger partial charge in [0.05, 0.1) is 11.4 Å². The van der Waals surface area contributed by atoms with Crippen LogP contribution in [-0.2, 0) is 4.79 Å². The molecule has 1 aliphatic rings. The van der Waals surface area contributed by atoms with Gasteiger partial charge in [-0.3, -0.25) is 4.79 Å². The van der Waals surface area contributed by atoms with Gasteiger partial charge in [0, 0.05) is 6.54 Å². The second-order valence-corrected chi connectivity index (χ2v) is 5.31. The summed E-state index contributed by atoms with van der Waals surface area (Å²) in [5.74, 6) is 1.26. The van der Waals surface area contributed by atoms with Crippen molar-refractivity contribution in [3.05, 3.63) is 0 Å². The van der Waals surface area contributed by atoms with Gasteiger partial charge >= 0.3 is 0 Å². The van der Waals surface area contributed by atoms with Crippen LogP contribution in [0.3, 0.4) is 0 Å². The SMILES string of the molecule is CCC(O)CCNC(=O)C1CCCCS1. The fourth-order valence-electron chi connectivity index (χ4n) is 1.63. The molecule has 1 saturated heterocycles. The molecule has 15 heavy (non-hydrogen) atoms. The minimum atomic E-state index is -0.274. The molecule has 0 radical (unpaired) electrons. The van der Waals surface area contributed by atoms with Crippen LogP contribution >= 0.6 is 11.8 Å². The summed E-state index contributed by atoms with van der Waals surface area (Å²) < 4.78 is 0. The number of hydrogen-bond donors (Lipinski definition) is 2. The molecule has 2 atom stereocenters. The molecule has 0 aromatic carbocycles. The first-order chi connectivity index (χ1) is 7.24. The van der Waals surface area contributed by atoms with E-state index in [0.29, 0.717) is 13.0 Å². The normalized spacial score (nSPS) is 23.5. The molecule has 1 fully saturated rings. The van der Waals surface area contributed by atoms with Crippen LogP contribution in [-0.4, -0.2) is 34.7 Å². The Bertz CT molecular complexity index is 193. The van der Waals surface area contributed by atoms with Gasteiger partial charge in [-0.15, -0.1) is 11.8 Å². The summed E-state index contributed by atoms with van der Waals surface area (Å²) in [5.41, 5.74) is 0. The third kappa shape index (κ3) is 4.89. The molecule has 0 aliphatic carbocycles. The third-order valence-electron chi connectivity index (χ3n) is 2.72. The topological polar surface area (TPSA) is 49.3 Å². The van der Waals surface area contributed by atoms with Crippen LogP contribution in [0.15, 0.2) is 0 Å². The van der Waals surface area contributed by atoms with Crippen LogP contribution in [0.5, 0.6) is 0 Å². The van der Waals surface area contributed by atoms with E-state index in [2.05, 4.69) is 5.32 Å². The molecule has 0 saturated carbocycles. The van der Waals surface area contributed by atoms with E-state index in [1.165, 1.54) is 12.8 Å². The van der Waals surface area contributed by atoms with Gasteiger partial charge in [-0.05, 0) is 31.4 Å². The number of thioether (sulfide) groups is 1. The third-order valence-corrected chi connectivity index (χ3v) is 4.10. The van der Waals surface area contributed by atoms with Gasteiger partial charge in [0.15, 0.2) is 0 Å². The Morgan fingerprint density at radius 3 is 3.00 bits per heavy atom. The standard InChI is InChI=1S/C11H21NO2S/c1-2-9(13)6-7-12-11(14)10-5-3-4-8-15-10/h9-10,13H,2-8H2,1H3,(H,12,14). The second kappa shape index (κ2) is 7.12. The van der Waals surface area contributed by atoms with Crippen LogP contribution in [0.1, 0.15) is 39.0 Å². The Balaban J connectivity index is 2.12. The van der Waals surface area contributed by atoms with Gasteiger partial charge in [0.2, 0.25) is 5.91 Å². The van der Waals surface area contributed by atoms with E-state index >= 15 is 0 Å². The van der Waals surface area contributed by atoms with Gasteiger partial charge in [-0.2, -0.15) is 0 Å². The summed E-state index contributed by atoms with van der Waals surface area (Å²) >= 11 is 1.76. The minimum Gasteiger partial charge on any atom is -0.393 e. The average molecular weight is 231 g/mol. The molecule has 0 spiro atoms. The van der Waals surface area contributed by atoms with Crippen molar-refractivity contribution in [3.63, 3.8) is 0 Å². The molecule has 1 rings (SSSR count). The van der Waals surface area contributed by atoms with Gasteiger partial charge in [-0.1, -0.05) is 13.3 Å². The summed E-state index contributed by atoms with van der Waals surface area (Å²) in [5, 5.41) is 12.4. The molecule has 2 unspecified atom stereocenters. The van der Waals surface area contributed by atoms with Gasteiger partial charge < -0.3 is 10.4 Å². The predicted molar refractivity (Wildman–Crippen MR) is 64.0 cm³/mol. The largest absolute Gasteiger partial charge is 0.393 e. The zero-order valence-corrected chi connectivity index (χ0v) is 10.2. The Kier molecular flexibility index (Phi) is 6.10. The fourth-order valence-corrected chi connectivity index (χ4v) is 2.85. The maximum Gasteiger partial charge on any atom is 0.233 e. The van der Waals surface area contributed by atoms with Crippen molar-refractivity contribution in [2.24, 2.45) is 0 Å². The van der Waals surface area contributed by atoms with E-state index in [1.807, 2.05) is 6.92 Å². The highest BCUT2D eigenvalue weighted by molar-refractivity contribution is 8.00. The molecule has 0 aromatic heterocycles. The highest BCUT2D eigenvalue weighted by Crippen LogP contribution is 2.24. The lowest BCUT2D eigenvalue weighted by Gasteiger charge is -2.20. The van der Waals surface area contributed by atoms with E-state index < -0.39 is 0 Å². The number of hydrogen-bond acceptors (Lipinski definition) is 3. The molecule has 3 nitrogen and oxygen atoms in total. The maximum atomic E-state index is 11.7. The average Bonchev–Trinajstić information content (AvgIpc) is 2.29. The highest BCUT2D eigenvalue weighted by Gasteiger charge is 2.21. The lowest BCUT2D eigenvalue weighted by atomic mass is 10.1. The van der Waals surface area contributed by atoms with Crippen molar-refractivity contribution in [3.8, 4) is 0 Å². The smallest absolute Gasteiger partial charge is 0.233 e. The van der Waals surface area contributed by atoms with Crippen molar-refractivity contribution < 1.29 is 9.90 Å². The van der Waals surface area contributed by atoms with Gasteiger partial charge in [0.1, 0.15) is 0 Å². The summed E-state index contributed by atoms with van der Waals surface area (Å²) in [6, 6.07) is 0. The van der Waals surface area contributed by atoms with Gasteiger partial charge in [0.25, 0.3) is 0 Å². The lowest BCUT2D eigenvalue weighted by Crippen LogP contribution is -2.35. The molecular weight excluding hydrogens is 210 g/mol. The van der Waals surface area contributed by atoms with Crippen molar-refractivity contribution in [1.29, 1.82) is 0 Å². The molecular formula is C11H21NO2S. The maximum absolute atomic E-state index is 11.7. The summed E-state index contributed by atoms with van der Waals surface area (Å²) in [4.78, 5) is 11.7. The summed E-state index contributed by atoms with van der Waals surface area (Å²) in [6.45, 7) is 2.55. The van der Waals surface area contributed by atoms with Crippen LogP contribution in [0.25, 0.3) is 0 Å². The number of rotatable bonds is 5. The molecule has 88 valence electrons. The van der Waals surface area contributed by atoms with Crippen LogP contribution in [0.2, 0.25) is 0 Å². The molecule has 1 heterocycles. The zero-order valence-electron chi connectivity index (χ0n) is 9.37. The van der Waals surface area contributed by atoms with E-state index in [1.54, 1.807) is 11.8 Å². The highest BCUT2D eigenvalue weighted by atomic mass is 32.2. The number of carbonyl (C=O) groups excluding carboxylic acids is 1. The van der Waals surface area contributed by atoms with E-state index in [9.17, 15) is 9.90 Å². The van der Waals surface area contributed by atoms with Crippen molar-refractivity contribution in [2.75, 3.05) is 12.3 Å². The molecule has 4 heteroatoms. The minimum absolute atomic E-state index is 0.150. The van der Waals surface area contributed by atoms with Crippen molar-refractivity contribution >= 4 is 17.7 Å². The molecule has 0 bridgehead atoms. The molecule has 2 N–H and O–H groups in total. The van der Waals surface area contributed by atoms with Crippen molar-refractivity contribution in [2.45, 2.75) is 50.4 Å². The zero-order chi connectivity index (χ0) is 11.1. The lowest BCUT2D eigenvalue weighted by molar-refractivity contribution is -0.120. The number of amides is 1. The quantitative estimate of drug-likeness (QED) is 0.755. The number of aliphatic hydroxyl groups is 1. The van der Waals surface area contributed by atoms with Gasteiger partial charge in [-0.25, -0.2) is 0 Å². The number of carbonyl (C=O) groups is 1. The van der Waals surface area contributed by atoms with Crippen molar-refractivity contribution in [1.82, 2.24) is 5.32 Å². The Labute approximate surface area is 96.0 Å². The number of nitrogens with one attached hydrogen (secondary N) is 1. The molecule has 1 aliphatic heterocycles. The summed E-state index contributed by atoms with van der Waals surface area (Å²) in [6.07, 6.45) is 4.57. The van der Waals surface area contributed by atoms with Crippen LogP contribution in [0.4, 0.5) is 0 Å².